The van der Waals surface area contributed by atoms with Crippen LogP contribution in [0.4, 0.5) is 10.1 Å². The van der Waals surface area contributed by atoms with E-state index in [0.717, 1.165) is 0 Å². The summed E-state index contributed by atoms with van der Waals surface area (Å²) < 4.78 is 13.2. The summed E-state index contributed by atoms with van der Waals surface area (Å²) in [6.07, 6.45) is 0. The van der Waals surface area contributed by atoms with E-state index < -0.39 is 5.82 Å². The van der Waals surface area contributed by atoms with Crippen molar-refractivity contribution in [1.29, 1.82) is 0 Å². The van der Waals surface area contributed by atoms with E-state index in [0.29, 0.717) is 12.2 Å². The topological polar surface area (TPSA) is 32.3 Å². The summed E-state index contributed by atoms with van der Waals surface area (Å²) in [7, 11) is 0. The minimum Gasteiger partial charge on any atom is -0.505 e. The zero-order chi connectivity index (χ0) is 13.1. The second-order valence-electron chi connectivity index (χ2n) is 4.39. The van der Waals surface area contributed by atoms with Crippen LogP contribution in [0.25, 0.3) is 0 Å². The van der Waals surface area contributed by atoms with Gasteiger partial charge in [-0.25, -0.2) is 4.39 Å². The van der Waals surface area contributed by atoms with Crippen molar-refractivity contribution in [2.24, 2.45) is 0 Å². The number of hydrogen-bond acceptors (Lipinski definition) is 2. The minimum atomic E-state index is -0.610. The van der Waals surface area contributed by atoms with Gasteiger partial charge in [-0.1, -0.05) is 18.2 Å². The zero-order valence-electron chi connectivity index (χ0n) is 10.5. The molecule has 0 heterocycles. The fourth-order valence-corrected chi connectivity index (χ4v) is 1.94. The van der Waals surface area contributed by atoms with Crippen molar-refractivity contribution >= 4 is 5.69 Å². The number of rotatable bonds is 3. The Morgan fingerprint density at radius 3 is 2.39 bits per heavy atom. The Balaban J connectivity index is 2.14. The van der Waals surface area contributed by atoms with Crippen molar-refractivity contribution < 1.29 is 9.50 Å². The van der Waals surface area contributed by atoms with Gasteiger partial charge in [-0.2, -0.15) is 0 Å². The summed E-state index contributed by atoms with van der Waals surface area (Å²) in [5.74, 6) is -0.936. The standard InChI is InChI=1S/C15H16FNO/c1-10-4-3-5-11(2)13(10)9-17-12-6-7-15(18)14(16)8-12/h3-8,17-18H,9H2,1-2H3. The van der Waals surface area contributed by atoms with Gasteiger partial charge in [0.25, 0.3) is 0 Å². The largest absolute Gasteiger partial charge is 0.505 e. The Hall–Kier alpha value is -2.03. The lowest BCUT2D eigenvalue weighted by molar-refractivity contribution is 0.432. The molecule has 0 atom stereocenters. The van der Waals surface area contributed by atoms with E-state index in [4.69, 9.17) is 5.11 Å². The predicted molar refractivity (Wildman–Crippen MR) is 71.3 cm³/mol. The zero-order valence-corrected chi connectivity index (χ0v) is 10.5. The van der Waals surface area contributed by atoms with E-state index in [1.54, 1.807) is 6.07 Å². The van der Waals surface area contributed by atoms with Crippen molar-refractivity contribution in [3.05, 3.63) is 58.9 Å². The third-order valence-corrected chi connectivity index (χ3v) is 3.06. The first-order chi connectivity index (χ1) is 8.58. The van der Waals surface area contributed by atoms with E-state index in [9.17, 15) is 4.39 Å². The van der Waals surface area contributed by atoms with Gasteiger partial charge in [0, 0.05) is 18.3 Å². The number of hydrogen-bond donors (Lipinski definition) is 2. The molecule has 0 aliphatic rings. The molecule has 3 heteroatoms. The van der Waals surface area contributed by atoms with Crippen LogP contribution in [-0.2, 0) is 6.54 Å². The lowest BCUT2D eigenvalue weighted by atomic mass is 10.0. The number of halogens is 1. The van der Waals surface area contributed by atoms with Crippen LogP contribution in [0.5, 0.6) is 5.75 Å². The molecule has 2 nitrogen and oxygen atoms in total. The second kappa shape index (κ2) is 5.08. The first-order valence-electron chi connectivity index (χ1n) is 5.85. The first kappa shape index (κ1) is 12.4. The fourth-order valence-electron chi connectivity index (χ4n) is 1.94. The highest BCUT2D eigenvalue weighted by Crippen LogP contribution is 2.21. The second-order valence-corrected chi connectivity index (χ2v) is 4.39. The smallest absolute Gasteiger partial charge is 0.166 e. The van der Waals surface area contributed by atoms with Gasteiger partial charge in [-0.15, -0.1) is 0 Å². The van der Waals surface area contributed by atoms with Gasteiger partial charge in [0.1, 0.15) is 0 Å². The number of anilines is 1. The van der Waals surface area contributed by atoms with Gasteiger partial charge in [0.2, 0.25) is 0 Å². The van der Waals surface area contributed by atoms with Gasteiger partial charge in [-0.3, -0.25) is 0 Å². The van der Waals surface area contributed by atoms with Crippen molar-refractivity contribution in [2.75, 3.05) is 5.32 Å². The van der Waals surface area contributed by atoms with Gasteiger partial charge >= 0.3 is 0 Å². The van der Waals surface area contributed by atoms with E-state index in [1.807, 2.05) is 6.07 Å². The molecule has 2 N–H and O–H groups in total. The van der Waals surface area contributed by atoms with Crippen molar-refractivity contribution in [3.8, 4) is 5.75 Å². The third kappa shape index (κ3) is 2.62. The molecule has 0 bridgehead atoms. The van der Waals surface area contributed by atoms with Crippen LogP contribution >= 0.6 is 0 Å². The molecule has 0 spiro atoms. The van der Waals surface area contributed by atoms with Crippen LogP contribution in [0.2, 0.25) is 0 Å². The predicted octanol–water partition coefficient (Wildman–Crippen LogP) is 3.76. The van der Waals surface area contributed by atoms with Crippen LogP contribution in [-0.4, -0.2) is 5.11 Å². The Morgan fingerprint density at radius 1 is 1.11 bits per heavy atom. The van der Waals surface area contributed by atoms with Crippen LogP contribution in [0.3, 0.4) is 0 Å². The number of nitrogens with one attached hydrogen (secondary N) is 1. The Kier molecular flexibility index (Phi) is 3.51. The third-order valence-electron chi connectivity index (χ3n) is 3.06. The highest BCUT2D eigenvalue weighted by molar-refractivity contribution is 5.48. The molecule has 0 unspecified atom stereocenters. The van der Waals surface area contributed by atoms with Crippen LogP contribution < -0.4 is 5.32 Å². The van der Waals surface area contributed by atoms with Gasteiger partial charge in [-0.05, 0) is 42.7 Å². The lowest BCUT2D eigenvalue weighted by Crippen LogP contribution is -2.03. The van der Waals surface area contributed by atoms with Crippen molar-refractivity contribution in [1.82, 2.24) is 0 Å². The highest BCUT2D eigenvalue weighted by Gasteiger charge is 2.04. The summed E-state index contributed by atoms with van der Waals surface area (Å²) in [6.45, 7) is 4.76. The molecule has 0 amide bonds. The minimum absolute atomic E-state index is 0.326. The van der Waals surface area contributed by atoms with Crippen LogP contribution in [0.15, 0.2) is 36.4 Å². The number of aromatic hydroxyl groups is 1. The van der Waals surface area contributed by atoms with E-state index >= 15 is 0 Å². The van der Waals surface area contributed by atoms with E-state index in [1.165, 1.54) is 28.8 Å². The highest BCUT2D eigenvalue weighted by atomic mass is 19.1. The Labute approximate surface area is 106 Å². The molecule has 0 aliphatic carbocycles. The molecule has 2 aromatic carbocycles. The van der Waals surface area contributed by atoms with Crippen LogP contribution in [0, 0.1) is 19.7 Å². The molecule has 2 aromatic rings. The fraction of sp³-hybridized carbons (Fsp3) is 0.200. The maximum absolute atomic E-state index is 13.2. The quantitative estimate of drug-likeness (QED) is 0.807. The molecule has 18 heavy (non-hydrogen) atoms. The summed E-state index contributed by atoms with van der Waals surface area (Å²) in [6, 6.07) is 10.4. The molecular weight excluding hydrogens is 229 g/mol. The van der Waals surface area contributed by atoms with Gasteiger partial charge in [0.15, 0.2) is 11.6 Å². The molecular formula is C15H16FNO. The van der Waals surface area contributed by atoms with Crippen LogP contribution in [0.1, 0.15) is 16.7 Å². The molecule has 0 saturated heterocycles. The van der Waals surface area contributed by atoms with Crippen molar-refractivity contribution in [3.63, 3.8) is 0 Å². The summed E-state index contributed by atoms with van der Waals surface area (Å²) in [4.78, 5) is 0. The van der Waals surface area contributed by atoms with Gasteiger partial charge in [0.05, 0.1) is 0 Å². The molecule has 0 fully saturated rings. The van der Waals surface area contributed by atoms with Crippen molar-refractivity contribution in [2.45, 2.75) is 20.4 Å². The summed E-state index contributed by atoms with van der Waals surface area (Å²) in [5.41, 5.74) is 4.29. The first-order valence-corrected chi connectivity index (χ1v) is 5.85. The van der Waals surface area contributed by atoms with Gasteiger partial charge < -0.3 is 10.4 Å². The average Bonchev–Trinajstić information content (AvgIpc) is 2.33. The molecule has 0 aromatic heterocycles. The Bertz CT molecular complexity index is 546. The monoisotopic (exact) mass is 245 g/mol. The molecule has 94 valence electrons. The number of aryl methyl sites for hydroxylation is 2. The summed E-state index contributed by atoms with van der Waals surface area (Å²) in [5, 5.41) is 12.3. The number of phenolic OH excluding ortho intramolecular Hbond substituents is 1. The maximum Gasteiger partial charge on any atom is 0.166 e. The number of benzene rings is 2. The molecule has 0 saturated carbocycles. The summed E-state index contributed by atoms with van der Waals surface area (Å²) >= 11 is 0. The Morgan fingerprint density at radius 2 is 1.78 bits per heavy atom. The molecule has 2 rings (SSSR count). The lowest BCUT2D eigenvalue weighted by Gasteiger charge is -2.12. The van der Waals surface area contributed by atoms with E-state index in [2.05, 4.69) is 31.3 Å². The normalized spacial score (nSPS) is 10.4. The molecule has 0 radical (unpaired) electrons. The van der Waals surface area contributed by atoms with E-state index in [-0.39, 0.29) is 5.75 Å². The number of phenols is 1. The molecule has 0 aliphatic heterocycles. The SMILES string of the molecule is Cc1cccc(C)c1CNc1ccc(O)c(F)c1. The maximum atomic E-state index is 13.2. The average molecular weight is 245 g/mol.